The Morgan fingerprint density at radius 2 is 2.09 bits per heavy atom. The minimum atomic E-state index is -4.48. The molecule has 0 aliphatic heterocycles. The summed E-state index contributed by atoms with van der Waals surface area (Å²) in [6.07, 6.45) is 2.14. The number of amides is 1. The van der Waals surface area contributed by atoms with Crippen molar-refractivity contribution < 1.29 is 28.0 Å². The number of carbonyl (C=O) groups is 1. The second-order valence-electron chi connectivity index (χ2n) is 4.50. The Bertz CT molecular complexity index is 522. The van der Waals surface area contributed by atoms with Crippen LogP contribution in [0.25, 0.3) is 0 Å². The second kappa shape index (κ2) is 9.46. The number of ether oxygens (including phenoxy) is 1. The summed E-state index contributed by atoms with van der Waals surface area (Å²) in [6, 6.07) is 6.17. The van der Waals surface area contributed by atoms with E-state index in [1.165, 1.54) is 19.2 Å². The second-order valence-corrected chi connectivity index (χ2v) is 5.84. The van der Waals surface area contributed by atoms with E-state index in [0.717, 1.165) is 12.8 Å². The van der Waals surface area contributed by atoms with Gasteiger partial charge in [-0.25, -0.2) is 0 Å². The number of nitrogens with one attached hydrogen (secondary N) is 1. The van der Waals surface area contributed by atoms with Crippen molar-refractivity contribution in [2.75, 3.05) is 20.3 Å². The minimum Gasteiger partial charge on any atom is -0.746 e. The molecule has 1 N–H and O–H groups in total. The molecule has 0 radical (unpaired) electrons. The molecule has 22 heavy (non-hydrogen) atoms. The molecule has 8 heteroatoms. The number of hydrogen-bond donors (Lipinski definition) is 1. The van der Waals surface area contributed by atoms with Gasteiger partial charge in [-0.1, -0.05) is 19.4 Å². The number of carbonyl (C=O) groups excluding carboxylic acids is 1. The predicted molar refractivity (Wildman–Crippen MR) is 79.7 cm³/mol. The highest BCUT2D eigenvalue weighted by Gasteiger charge is 2.12. The van der Waals surface area contributed by atoms with Crippen LogP contribution in [0.2, 0.25) is 0 Å². The monoisotopic (exact) mass is 330 g/mol. The highest BCUT2D eigenvalue weighted by molar-refractivity contribution is 7.46. The zero-order valence-electron chi connectivity index (χ0n) is 12.7. The normalized spacial score (nSPS) is 13.2. The van der Waals surface area contributed by atoms with E-state index in [1.54, 1.807) is 12.1 Å². The number of unbranched alkanes of at least 4 members (excludes halogenated alkanes) is 1. The van der Waals surface area contributed by atoms with Crippen LogP contribution < -0.4 is 19.5 Å². The topological polar surface area (TPSA) is 96.9 Å². The van der Waals surface area contributed by atoms with Crippen LogP contribution in [-0.2, 0) is 13.9 Å². The Kier molecular flexibility index (Phi) is 7.95. The summed E-state index contributed by atoms with van der Waals surface area (Å²) in [6.45, 7) is 1.92. The Hall–Kier alpha value is -1.56. The maximum absolute atomic E-state index is 11.6. The quantitative estimate of drug-likeness (QED) is 0.519. The number of phosphoric ester groups is 1. The van der Waals surface area contributed by atoms with Crippen LogP contribution in [-0.4, -0.2) is 26.2 Å². The Balaban J connectivity index is 2.34. The van der Waals surface area contributed by atoms with Gasteiger partial charge >= 0.3 is 7.82 Å². The lowest BCUT2D eigenvalue weighted by molar-refractivity contribution is -0.216. The van der Waals surface area contributed by atoms with E-state index in [1.807, 2.05) is 6.92 Å². The van der Waals surface area contributed by atoms with Crippen molar-refractivity contribution in [2.45, 2.75) is 26.2 Å². The molecular weight excluding hydrogens is 309 g/mol. The molecule has 7 nitrogen and oxygen atoms in total. The molecule has 0 aliphatic rings. The Morgan fingerprint density at radius 3 is 2.77 bits per heavy atom. The molecule has 0 fully saturated rings. The van der Waals surface area contributed by atoms with Gasteiger partial charge in [-0.2, -0.15) is 0 Å². The fourth-order valence-corrected chi connectivity index (χ4v) is 2.33. The van der Waals surface area contributed by atoms with Crippen molar-refractivity contribution in [2.24, 2.45) is 0 Å². The van der Waals surface area contributed by atoms with Crippen LogP contribution >= 0.6 is 7.82 Å². The Labute approximate surface area is 130 Å². The zero-order valence-corrected chi connectivity index (χ0v) is 13.6. The standard InChI is InChI=1S/C14H22NO6P/c1-3-4-8-14(16)15-9-10-20-22(17,18)21-13-7-5-6-12(11-13)19-2/h5-7,11H,3-4,8-10H2,1-2H3,(H,15,16)(H,17,18)/p-1. The maximum Gasteiger partial charge on any atom is 0.319 e. The van der Waals surface area contributed by atoms with Crippen molar-refractivity contribution in [1.29, 1.82) is 0 Å². The summed E-state index contributed by atoms with van der Waals surface area (Å²) in [5.41, 5.74) is 0. The fourth-order valence-electron chi connectivity index (χ4n) is 1.59. The number of hydrogen-bond acceptors (Lipinski definition) is 6. The van der Waals surface area contributed by atoms with Gasteiger partial charge in [0, 0.05) is 19.0 Å². The number of benzene rings is 1. The molecule has 1 atom stereocenters. The summed E-state index contributed by atoms with van der Waals surface area (Å²) < 4.78 is 26.1. The largest absolute Gasteiger partial charge is 0.746 e. The molecule has 0 heterocycles. The van der Waals surface area contributed by atoms with E-state index in [4.69, 9.17) is 9.26 Å². The van der Waals surface area contributed by atoms with Crippen LogP contribution in [0.15, 0.2) is 24.3 Å². The molecule has 1 amide bonds. The highest BCUT2D eigenvalue weighted by atomic mass is 31.2. The van der Waals surface area contributed by atoms with Gasteiger partial charge < -0.3 is 24.0 Å². The average molecular weight is 330 g/mol. The van der Waals surface area contributed by atoms with Gasteiger partial charge in [0.15, 0.2) is 0 Å². The van der Waals surface area contributed by atoms with Crippen LogP contribution in [0, 0.1) is 0 Å². The first kappa shape index (κ1) is 18.5. The van der Waals surface area contributed by atoms with E-state index in [-0.39, 0.29) is 24.8 Å². The summed E-state index contributed by atoms with van der Waals surface area (Å²) in [5, 5.41) is 2.57. The van der Waals surface area contributed by atoms with E-state index in [0.29, 0.717) is 12.2 Å². The molecule has 124 valence electrons. The predicted octanol–water partition coefficient (Wildman–Crippen LogP) is 1.87. The summed E-state index contributed by atoms with van der Waals surface area (Å²) in [7, 11) is -3.02. The molecule has 0 spiro atoms. The van der Waals surface area contributed by atoms with Gasteiger partial charge in [0.1, 0.15) is 11.5 Å². The van der Waals surface area contributed by atoms with E-state index < -0.39 is 7.82 Å². The third kappa shape index (κ3) is 7.45. The minimum absolute atomic E-state index is 0.102. The van der Waals surface area contributed by atoms with Gasteiger partial charge in [-0.15, -0.1) is 0 Å². The lowest BCUT2D eigenvalue weighted by Gasteiger charge is -2.23. The van der Waals surface area contributed by atoms with Gasteiger partial charge in [-0.3, -0.25) is 9.36 Å². The lowest BCUT2D eigenvalue weighted by Crippen LogP contribution is -2.27. The number of rotatable bonds is 10. The molecule has 0 aliphatic carbocycles. The smallest absolute Gasteiger partial charge is 0.319 e. The third-order valence-corrected chi connectivity index (χ3v) is 3.62. The van der Waals surface area contributed by atoms with Gasteiger partial charge in [0.2, 0.25) is 5.91 Å². The molecular formula is C14H21NO6P-. The van der Waals surface area contributed by atoms with E-state index in [2.05, 4.69) is 9.84 Å². The first-order valence-electron chi connectivity index (χ1n) is 7.03. The van der Waals surface area contributed by atoms with Gasteiger partial charge in [-0.05, 0) is 18.6 Å². The van der Waals surface area contributed by atoms with Crippen molar-refractivity contribution in [3.8, 4) is 11.5 Å². The molecule has 1 aromatic rings. The van der Waals surface area contributed by atoms with Gasteiger partial charge in [0.05, 0.1) is 13.7 Å². The summed E-state index contributed by atoms with van der Waals surface area (Å²) in [5.74, 6) is 0.449. The van der Waals surface area contributed by atoms with Crippen LogP contribution in [0.1, 0.15) is 26.2 Å². The van der Waals surface area contributed by atoms with Crippen LogP contribution in [0.5, 0.6) is 11.5 Å². The lowest BCUT2D eigenvalue weighted by atomic mass is 10.2. The third-order valence-electron chi connectivity index (χ3n) is 2.69. The molecule has 0 saturated heterocycles. The van der Waals surface area contributed by atoms with Crippen LogP contribution in [0.4, 0.5) is 0 Å². The fraction of sp³-hybridized carbons (Fsp3) is 0.500. The first-order valence-corrected chi connectivity index (χ1v) is 8.49. The number of methoxy groups -OCH3 is 1. The molecule has 1 rings (SSSR count). The molecule has 0 aromatic heterocycles. The van der Waals surface area contributed by atoms with Crippen LogP contribution in [0.3, 0.4) is 0 Å². The first-order chi connectivity index (χ1) is 10.5. The van der Waals surface area contributed by atoms with Gasteiger partial charge in [0.25, 0.3) is 0 Å². The number of phosphoric acid groups is 1. The van der Waals surface area contributed by atoms with E-state index in [9.17, 15) is 14.3 Å². The van der Waals surface area contributed by atoms with Crippen molar-refractivity contribution in [3.63, 3.8) is 0 Å². The van der Waals surface area contributed by atoms with Crippen molar-refractivity contribution in [1.82, 2.24) is 5.32 Å². The maximum atomic E-state index is 11.6. The molecule has 0 bridgehead atoms. The average Bonchev–Trinajstić information content (AvgIpc) is 2.49. The van der Waals surface area contributed by atoms with Crippen molar-refractivity contribution >= 4 is 13.7 Å². The molecule has 1 aromatic carbocycles. The zero-order chi connectivity index (χ0) is 16.4. The van der Waals surface area contributed by atoms with Crippen molar-refractivity contribution in [3.05, 3.63) is 24.3 Å². The SMILES string of the molecule is CCCCC(=O)NCCOP(=O)([O-])Oc1cccc(OC)c1. The molecule has 0 saturated carbocycles. The molecule has 1 unspecified atom stereocenters. The highest BCUT2D eigenvalue weighted by Crippen LogP contribution is 2.39. The summed E-state index contributed by atoms with van der Waals surface area (Å²) >= 11 is 0. The van der Waals surface area contributed by atoms with E-state index >= 15 is 0 Å². The Morgan fingerprint density at radius 1 is 1.36 bits per heavy atom. The summed E-state index contributed by atoms with van der Waals surface area (Å²) in [4.78, 5) is 23.0.